The molecule has 0 atom stereocenters. The normalized spacial score (nSPS) is 11.2. The molecule has 20 heavy (non-hydrogen) atoms. The van der Waals surface area contributed by atoms with Gasteiger partial charge in [-0.1, -0.05) is 38.1 Å². The third kappa shape index (κ3) is 3.66. The van der Waals surface area contributed by atoms with E-state index in [1.165, 1.54) is 5.56 Å². The first-order valence-electron chi connectivity index (χ1n) is 6.20. The van der Waals surface area contributed by atoms with Gasteiger partial charge in [0.15, 0.2) is 0 Å². The lowest BCUT2D eigenvalue weighted by Gasteiger charge is -2.04. The van der Waals surface area contributed by atoms with Crippen LogP contribution in [0.4, 0.5) is 0 Å². The third-order valence-electron chi connectivity index (χ3n) is 2.80. The molecule has 1 aromatic carbocycles. The lowest BCUT2D eigenvalue weighted by atomic mass is 10.0. The van der Waals surface area contributed by atoms with Gasteiger partial charge in [0, 0.05) is 0 Å². The van der Waals surface area contributed by atoms with E-state index >= 15 is 0 Å². The number of carbonyl (C=O) groups is 1. The van der Waals surface area contributed by atoms with Crippen LogP contribution in [0.25, 0.3) is 0 Å². The molecule has 0 aliphatic heterocycles. The highest BCUT2D eigenvalue weighted by Crippen LogP contribution is 2.13. The average molecular weight is 382 g/mol. The zero-order chi connectivity index (χ0) is 14.5. The fourth-order valence-corrected chi connectivity index (χ4v) is 2.12. The summed E-state index contributed by atoms with van der Waals surface area (Å²) >= 11 is 2.04. The van der Waals surface area contributed by atoms with Gasteiger partial charge >= 0.3 is 0 Å². The number of hydrogen-bond acceptors (Lipinski definition) is 3. The van der Waals surface area contributed by atoms with Crippen molar-refractivity contribution in [3.8, 4) is 0 Å². The Kier molecular flexibility index (Phi) is 4.89. The van der Waals surface area contributed by atoms with E-state index in [1.54, 1.807) is 12.4 Å². The summed E-state index contributed by atoms with van der Waals surface area (Å²) in [5, 5.41) is 10.4. The van der Waals surface area contributed by atoms with E-state index in [0.717, 1.165) is 9.13 Å². The number of nitrogens with one attached hydrogen (secondary N) is 2. The minimum atomic E-state index is -0.304. The second kappa shape index (κ2) is 6.65. The van der Waals surface area contributed by atoms with Crippen LogP contribution in [-0.4, -0.2) is 22.3 Å². The van der Waals surface area contributed by atoms with Gasteiger partial charge < -0.3 is 0 Å². The van der Waals surface area contributed by atoms with Crippen LogP contribution < -0.4 is 5.43 Å². The van der Waals surface area contributed by atoms with Crippen molar-refractivity contribution in [2.24, 2.45) is 5.10 Å². The van der Waals surface area contributed by atoms with Gasteiger partial charge in [0.2, 0.25) is 0 Å². The van der Waals surface area contributed by atoms with E-state index in [-0.39, 0.29) is 5.91 Å². The Labute approximate surface area is 131 Å². The smallest absolute Gasteiger partial charge is 0.272 e. The van der Waals surface area contributed by atoms with Crippen LogP contribution in [0.5, 0.6) is 0 Å². The minimum absolute atomic E-state index is 0.304. The maximum Gasteiger partial charge on any atom is 0.290 e. The number of nitrogens with zero attached hydrogens (tertiary/aromatic N) is 2. The van der Waals surface area contributed by atoms with Gasteiger partial charge in [-0.05, 0) is 39.6 Å². The van der Waals surface area contributed by atoms with Crippen molar-refractivity contribution >= 4 is 34.7 Å². The summed E-state index contributed by atoms with van der Waals surface area (Å²) < 4.78 is 0.761. The Balaban J connectivity index is 1.96. The minimum Gasteiger partial charge on any atom is -0.272 e. The van der Waals surface area contributed by atoms with Gasteiger partial charge in [0.1, 0.15) is 5.69 Å². The molecule has 0 spiro atoms. The van der Waals surface area contributed by atoms with Crippen molar-refractivity contribution in [1.82, 2.24) is 15.6 Å². The van der Waals surface area contributed by atoms with Crippen molar-refractivity contribution in [2.45, 2.75) is 19.8 Å². The van der Waals surface area contributed by atoms with Crippen LogP contribution in [0.2, 0.25) is 0 Å². The molecule has 0 saturated carbocycles. The lowest BCUT2D eigenvalue weighted by molar-refractivity contribution is 0.0949. The molecule has 0 aliphatic carbocycles. The summed E-state index contributed by atoms with van der Waals surface area (Å²) in [5.74, 6) is 0.199. The highest BCUT2D eigenvalue weighted by atomic mass is 127. The SMILES string of the molecule is CC(C)c1ccc(/C=N\NC(=O)c2[nH]ncc2I)cc1. The molecule has 104 valence electrons. The highest BCUT2D eigenvalue weighted by Gasteiger charge is 2.10. The predicted molar refractivity (Wildman–Crippen MR) is 86.9 cm³/mol. The van der Waals surface area contributed by atoms with Gasteiger partial charge in [0.25, 0.3) is 5.91 Å². The number of benzene rings is 1. The molecule has 1 aromatic heterocycles. The fourth-order valence-electron chi connectivity index (χ4n) is 1.62. The van der Waals surface area contributed by atoms with Gasteiger partial charge in [-0.3, -0.25) is 9.89 Å². The van der Waals surface area contributed by atoms with E-state index in [9.17, 15) is 4.79 Å². The maximum atomic E-state index is 11.8. The predicted octanol–water partition coefficient (Wildman–Crippen LogP) is 2.90. The Morgan fingerprint density at radius 1 is 1.40 bits per heavy atom. The quantitative estimate of drug-likeness (QED) is 0.485. The van der Waals surface area contributed by atoms with E-state index in [2.05, 4.69) is 46.7 Å². The Hall–Kier alpha value is -1.70. The summed E-state index contributed by atoms with van der Waals surface area (Å²) in [6.07, 6.45) is 3.20. The Morgan fingerprint density at radius 3 is 2.65 bits per heavy atom. The monoisotopic (exact) mass is 382 g/mol. The fraction of sp³-hybridized carbons (Fsp3) is 0.214. The first kappa shape index (κ1) is 14.7. The van der Waals surface area contributed by atoms with Crippen molar-refractivity contribution < 1.29 is 4.79 Å². The highest BCUT2D eigenvalue weighted by molar-refractivity contribution is 14.1. The summed E-state index contributed by atoms with van der Waals surface area (Å²) in [6.45, 7) is 4.30. The molecular formula is C14H15IN4O. The summed E-state index contributed by atoms with van der Waals surface area (Å²) in [5.41, 5.74) is 5.10. The number of hydrazone groups is 1. The second-order valence-electron chi connectivity index (χ2n) is 4.61. The largest absolute Gasteiger partial charge is 0.290 e. The Bertz CT molecular complexity index is 616. The standard InChI is InChI=1S/C14H15IN4O/c1-9(2)11-5-3-10(4-6-11)7-16-19-14(20)13-12(15)8-17-18-13/h3-9H,1-2H3,(H,17,18)(H,19,20)/b16-7-. The van der Waals surface area contributed by atoms with Crippen molar-refractivity contribution in [3.63, 3.8) is 0 Å². The molecule has 1 amide bonds. The third-order valence-corrected chi connectivity index (χ3v) is 3.62. The number of halogens is 1. The van der Waals surface area contributed by atoms with E-state index in [0.29, 0.717) is 11.6 Å². The molecular weight excluding hydrogens is 367 g/mol. The maximum absolute atomic E-state index is 11.8. The van der Waals surface area contributed by atoms with Crippen LogP contribution in [-0.2, 0) is 0 Å². The summed E-state index contributed by atoms with van der Waals surface area (Å²) in [4.78, 5) is 11.8. The molecule has 2 N–H and O–H groups in total. The zero-order valence-corrected chi connectivity index (χ0v) is 13.4. The molecule has 2 rings (SSSR count). The van der Waals surface area contributed by atoms with Crippen LogP contribution in [0, 0.1) is 3.57 Å². The van der Waals surface area contributed by atoms with Crippen LogP contribution in [0.1, 0.15) is 41.4 Å². The summed E-state index contributed by atoms with van der Waals surface area (Å²) in [6, 6.07) is 8.08. The van der Waals surface area contributed by atoms with Crippen molar-refractivity contribution in [3.05, 3.63) is 50.9 Å². The average Bonchev–Trinajstić information content (AvgIpc) is 2.85. The van der Waals surface area contributed by atoms with Crippen molar-refractivity contribution in [2.75, 3.05) is 0 Å². The van der Waals surface area contributed by atoms with Gasteiger partial charge in [-0.2, -0.15) is 10.2 Å². The van der Waals surface area contributed by atoms with E-state index in [1.807, 2.05) is 34.7 Å². The number of aromatic amines is 1. The molecule has 1 heterocycles. The first-order chi connectivity index (χ1) is 9.58. The van der Waals surface area contributed by atoms with E-state index in [4.69, 9.17) is 0 Å². The van der Waals surface area contributed by atoms with Crippen LogP contribution in [0.3, 0.4) is 0 Å². The van der Waals surface area contributed by atoms with Crippen LogP contribution in [0.15, 0.2) is 35.6 Å². The molecule has 0 bridgehead atoms. The Morgan fingerprint density at radius 2 is 2.10 bits per heavy atom. The molecule has 0 fully saturated rings. The van der Waals surface area contributed by atoms with Gasteiger partial charge in [0.05, 0.1) is 16.0 Å². The molecule has 2 aromatic rings. The zero-order valence-electron chi connectivity index (χ0n) is 11.2. The molecule has 5 nitrogen and oxygen atoms in total. The molecule has 0 saturated heterocycles. The number of aromatic nitrogens is 2. The van der Waals surface area contributed by atoms with Gasteiger partial charge in [-0.25, -0.2) is 5.43 Å². The summed E-state index contributed by atoms with van der Waals surface area (Å²) in [7, 11) is 0. The number of rotatable bonds is 4. The topological polar surface area (TPSA) is 70.1 Å². The second-order valence-corrected chi connectivity index (χ2v) is 5.78. The van der Waals surface area contributed by atoms with Crippen LogP contribution >= 0.6 is 22.6 Å². The first-order valence-corrected chi connectivity index (χ1v) is 7.28. The molecule has 0 radical (unpaired) electrons. The molecule has 0 aliphatic rings. The lowest BCUT2D eigenvalue weighted by Crippen LogP contribution is -2.19. The van der Waals surface area contributed by atoms with Crippen molar-refractivity contribution in [1.29, 1.82) is 0 Å². The number of amides is 1. The number of hydrogen-bond donors (Lipinski definition) is 2. The number of carbonyl (C=O) groups excluding carboxylic acids is 1. The molecule has 6 heteroatoms. The van der Waals surface area contributed by atoms with E-state index < -0.39 is 0 Å². The molecule has 0 unspecified atom stereocenters. The van der Waals surface area contributed by atoms with Gasteiger partial charge in [-0.15, -0.1) is 0 Å². The number of H-pyrrole nitrogens is 1.